The first kappa shape index (κ1) is 27.5. The van der Waals surface area contributed by atoms with Crippen LogP contribution in [-0.4, -0.2) is 58.9 Å². The van der Waals surface area contributed by atoms with Crippen LogP contribution in [0.4, 0.5) is 0 Å². The maximum Gasteiger partial charge on any atom is 0.243 e. The third-order valence-electron chi connectivity index (χ3n) is 6.21. The Morgan fingerprint density at radius 3 is 2.36 bits per heavy atom. The van der Waals surface area contributed by atoms with Crippen molar-refractivity contribution < 1.29 is 24.2 Å². The molecule has 186 valence electrons. The lowest BCUT2D eigenvalue weighted by molar-refractivity contribution is -0.130. The summed E-state index contributed by atoms with van der Waals surface area (Å²) in [6, 6.07) is 7.65. The highest BCUT2D eigenvalue weighted by Crippen LogP contribution is 2.45. The van der Waals surface area contributed by atoms with Crippen molar-refractivity contribution in [3.63, 3.8) is 0 Å². The normalized spacial score (nSPS) is 19.3. The number of carbonyl (C=O) groups excluding carboxylic acids is 2. The molecule has 1 aromatic rings. The highest BCUT2D eigenvalue weighted by atomic mass is 31.2. The second-order valence-electron chi connectivity index (χ2n) is 9.64. The van der Waals surface area contributed by atoms with E-state index < -0.39 is 37.4 Å². The lowest BCUT2D eigenvalue weighted by Gasteiger charge is -2.25. The van der Waals surface area contributed by atoms with Crippen LogP contribution in [0.5, 0.6) is 0 Å². The van der Waals surface area contributed by atoms with Crippen LogP contribution in [0.1, 0.15) is 51.5 Å². The van der Waals surface area contributed by atoms with E-state index in [1.807, 2.05) is 44.2 Å². The van der Waals surface area contributed by atoms with Gasteiger partial charge in [-0.15, -0.1) is 0 Å². The summed E-state index contributed by atoms with van der Waals surface area (Å²) in [7, 11) is -3.49. The Hall–Kier alpha value is -1.73. The number of amides is 2. The fraction of sp³-hybridized carbons (Fsp3) is 0.667. The van der Waals surface area contributed by atoms with Crippen molar-refractivity contribution in [2.45, 2.75) is 70.6 Å². The Morgan fingerprint density at radius 1 is 1.12 bits per heavy atom. The molecule has 1 saturated carbocycles. The van der Waals surface area contributed by atoms with Gasteiger partial charge in [0.05, 0.1) is 18.3 Å². The largest absolute Gasteiger partial charge is 0.391 e. The Bertz CT molecular complexity index is 799. The van der Waals surface area contributed by atoms with Crippen LogP contribution < -0.4 is 16.4 Å². The van der Waals surface area contributed by atoms with E-state index in [4.69, 9.17) is 5.73 Å². The second kappa shape index (κ2) is 13.2. The molecule has 1 unspecified atom stereocenters. The molecule has 0 saturated heterocycles. The lowest BCUT2D eigenvalue weighted by atomic mass is 9.91. The molecule has 0 radical (unpaired) electrons. The van der Waals surface area contributed by atoms with Crippen molar-refractivity contribution in [1.29, 1.82) is 0 Å². The van der Waals surface area contributed by atoms with Gasteiger partial charge in [0.25, 0.3) is 0 Å². The molecular weight excluding hydrogens is 441 g/mol. The Morgan fingerprint density at radius 2 is 1.76 bits per heavy atom. The predicted molar refractivity (Wildman–Crippen MR) is 130 cm³/mol. The molecule has 0 spiro atoms. The Balaban J connectivity index is 1.93. The third kappa shape index (κ3) is 9.97. The molecule has 4 atom stereocenters. The van der Waals surface area contributed by atoms with Crippen LogP contribution in [0.15, 0.2) is 30.3 Å². The number of carbonyl (C=O) groups is 2. The van der Waals surface area contributed by atoms with Crippen molar-refractivity contribution in [3.05, 3.63) is 35.9 Å². The number of benzene rings is 1. The van der Waals surface area contributed by atoms with E-state index in [0.29, 0.717) is 0 Å². The summed E-state index contributed by atoms with van der Waals surface area (Å²) in [5, 5.41) is 15.7. The van der Waals surface area contributed by atoms with Gasteiger partial charge in [-0.2, -0.15) is 0 Å². The molecule has 1 aromatic carbocycles. The highest BCUT2D eigenvalue weighted by molar-refractivity contribution is 7.58. The minimum Gasteiger partial charge on any atom is -0.391 e. The van der Waals surface area contributed by atoms with Crippen LogP contribution in [-0.2, 0) is 20.6 Å². The smallest absolute Gasteiger partial charge is 0.243 e. The fourth-order valence-corrected chi connectivity index (χ4v) is 6.32. The molecule has 1 aliphatic carbocycles. The number of nitrogens with two attached hydrogens (primary N) is 1. The van der Waals surface area contributed by atoms with E-state index in [1.54, 1.807) is 0 Å². The third-order valence-corrected chi connectivity index (χ3v) is 8.29. The summed E-state index contributed by atoms with van der Waals surface area (Å²) in [6.07, 6.45) is 4.34. The summed E-state index contributed by atoms with van der Waals surface area (Å²) in [5.41, 5.74) is 6.79. The van der Waals surface area contributed by atoms with Gasteiger partial charge in [0.15, 0.2) is 0 Å². The highest BCUT2D eigenvalue weighted by Gasteiger charge is 2.29. The Kier molecular flexibility index (Phi) is 11.0. The summed E-state index contributed by atoms with van der Waals surface area (Å²) in [6.45, 7) is 3.49. The first-order chi connectivity index (χ1) is 15.6. The van der Waals surface area contributed by atoms with Gasteiger partial charge in [0.2, 0.25) is 19.2 Å². The number of hydrogen-bond acceptors (Lipinski definition) is 5. The minimum absolute atomic E-state index is 0.0879. The maximum absolute atomic E-state index is 12.9. The summed E-state index contributed by atoms with van der Waals surface area (Å²) < 4.78 is 12.6. The molecule has 8 nitrogen and oxygen atoms in total. The number of aliphatic hydroxyl groups is 1. The van der Waals surface area contributed by atoms with E-state index >= 15 is 0 Å². The average Bonchev–Trinajstić information content (AvgIpc) is 2.77. The number of hydrogen-bond donors (Lipinski definition) is 5. The number of nitrogens with one attached hydrogen (secondary N) is 2. The molecule has 0 bridgehead atoms. The first-order valence-electron chi connectivity index (χ1n) is 11.9. The predicted octanol–water partition coefficient (Wildman–Crippen LogP) is 2.02. The van der Waals surface area contributed by atoms with Crippen molar-refractivity contribution in [1.82, 2.24) is 10.6 Å². The van der Waals surface area contributed by atoms with Gasteiger partial charge in [-0.05, 0) is 30.2 Å². The zero-order chi connectivity index (χ0) is 24.4. The molecule has 0 heterocycles. The molecule has 2 amide bonds. The molecule has 33 heavy (non-hydrogen) atoms. The zero-order valence-electron chi connectivity index (χ0n) is 19.8. The van der Waals surface area contributed by atoms with E-state index in [1.165, 1.54) is 6.42 Å². The van der Waals surface area contributed by atoms with Crippen LogP contribution in [0, 0.1) is 11.8 Å². The molecule has 1 fully saturated rings. The van der Waals surface area contributed by atoms with E-state index in [-0.39, 0.29) is 37.1 Å². The van der Waals surface area contributed by atoms with E-state index in [2.05, 4.69) is 10.6 Å². The monoisotopic (exact) mass is 481 g/mol. The average molecular weight is 482 g/mol. The molecule has 0 aliphatic heterocycles. The zero-order valence-corrected chi connectivity index (χ0v) is 20.7. The SMILES string of the molecule is CC(C)[C@H](N)C(=O)N[C@@H](Cc1ccccc1)C(=O)NC[C@H](O)CP(=O)(O)CC1CCCCC1. The number of rotatable bonds is 12. The van der Waals surface area contributed by atoms with Gasteiger partial charge in [0, 0.05) is 19.1 Å². The quantitative estimate of drug-likeness (QED) is 0.289. The summed E-state index contributed by atoms with van der Waals surface area (Å²) >= 11 is 0. The topological polar surface area (TPSA) is 142 Å². The lowest BCUT2D eigenvalue weighted by Crippen LogP contribution is -2.54. The second-order valence-corrected chi connectivity index (χ2v) is 12.1. The van der Waals surface area contributed by atoms with Gasteiger partial charge in [-0.1, -0.05) is 63.4 Å². The molecule has 9 heteroatoms. The van der Waals surface area contributed by atoms with Crippen LogP contribution in [0.2, 0.25) is 0 Å². The summed E-state index contributed by atoms with van der Waals surface area (Å²) in [4.78, 5) is 35.7. The van der Waals surface area contributed by atoms with Gasteiger partial charge < -0.3 is 26.4 Å². The molecule has 0 aromatic heterocycles. The number of aliphatic hydroxyl groups excluding tert-OH is 1. The standard InChI is InChI=1S/C24H40N3O5P/c1-17(2)22(25)24(30)27-21(13-18-9-5-3-6-10-18)23(29)26-14-20(28)16-33(31,32)15-19-11-7-4-8-12-19/h3,5-6,9-10,17,19-22,28H,4,7-8,11-16,25H2,1-2H3,(H,26,29)(H,27,30)(H,31,32)/t20-,21-,22-/m0/s1. The Labute approximate surface area is 197 Å². The van der Waals surface area contributed by atoms with Crippen LogP contribution in [0.3, 0.4) is 0 Å². The molecule has 1 aliphatic rings. The van der Waals surface area contributed by atoms with Gasteiger partial charge >= 0.3 is 0 Å². The first-order valence-corrected chi connectivity index (χ1v) is 14.0. The van der Waals surface area contributed by atoms with E-state index in [9.17, 15) is 24.2 Å². The minimum atomic E-state index is -3.49. The van der Waals surface area contributed by atoms with Gasteiger partial charge in [0.1, 0.15) is 6.04 Å². The summed E-state index contributed by atoms with van der Waals surface area (Å²) in [5.74, 6) is -0.752. The van der Waals surface area contributed by atoms with Crippen molar-refractivity contribution >= 4 is 19.2 Å². The molecule has 6 N–H and O–H groups in total. The van der Waals surface area contributed by atoms with Gasteiger partial charge in [-0.3, -0.25) is 14.2 Å². The fourth-order valence-electron chi connectivity index (χ4n) is 4.21. The van der Waals surface area contributed by atoms with Crippen molar-refractivity contribution in [2.75, 3.05) is 18.9 Å². The molecular formula is C24H40N3O5P. The van der Waals surface area contributed by atoms with Gasteiger partial charge in [-0.25, -0.2) is 0 Å². The van der Waals surface area contributed by atoms with Crippen molar-refractivity contribution in [3.8, 4) is 0 Å². The van der Waals surface area contributed by atoms with Crippen molar-refractivity contribution in [2.24, 2.45) is 17.6 Å². The van der Waals surface area contributed by atoms with E-state index in [0.717, 1.165) is 31.2 Å². The van der Waals surface area contributed by atoms with Crippen LogP contribution in [0.25, 0.3) is 0 Å². The van der Waals surface area contributed by atoms with Crippen LogP contribution >= 0.6 is 7.37 Å². The molecule has 2 rings (SSSR count). The maximum atomic E-state index is 12.9.